The number of carbonyl (C=O) groups excluding carboxylic acids is 1. The maximum absolute atomic E-state index is 10.4. The van der Waals surface area contributed by atoms with Crippen LogP contribution in [0.5, 0.6) is 0 Å². The molecule has 0 aromatic carbocycles. The van der Waals surface area contributed by atoms with Crippen molar-refractivity contribution in [2.45, 2.75) is 84.5 Å². The molecule has 1 amide bonds. The smallest absolute Gasteiger partial charge is 0.217 e. The minimum Gasteiger partial charge on any atom is -0.636 e. The van der Waals surface area contributed by atoms with E-state index in [4.69, 9.17) is 5.73 Å². The Morgan fingerprint density at radius 2 is 1.35 bits per heavy atom. The van der Waals surface area contributed by atoms with Crippen molar-refractivity contribution in [3.63, 3.8) is 0 Å². The van der Waals surface area contributed by atoms with Crippen LogP contribution < -0.4 is 17.4 Å². The molecule has 5 heteroatoms. The van der Waals surface area contributed by atoms with Gasteiger partial charge in [0.1, 0.15) is 0 Å². The standard InChI is InChI=1S/C12H25NO.C3H9NO.H3N/c1-2-3-4-5-6-7-8-9-10-11-12(13)14;1-2-3-4-5;/h2-11H2,1H3,(H2,13,14);2-4H2,1H3;1H3. The zero-order valence-electron chi connectivity index (χ0n) is 13.7. The summed E-state index contributed by atoms with van der Waals surface area (Å²) in [7, 11) is 0. The summed E-state index contributed by atoms with van der Waals surface area (Å²) in [4.78, 5) is 10.4. The van der Waals surface area contributed by atoms with E-state index in [2.05, 4.69) is 6.92 Å². The molecule has 20 heavy (non-hydrogen) atoms. The molecule has 0 aliphatic heterocycles. The van der Waals surface area contributed by atoms with E-state index in [0.717, 1.165) is 24.7 Å². The van der Waals surface area contributed by atoms with Gasteiger partial charge in [-0.15, -0.1) is 0 Å². The molecule has 0 aromatic rings. The lowest BCUT2D eigenvalue weighted by Crippen LogP contribution is -2.77. The Kier molecular flexibility index (Phi) is 28.6. The van der Waals surface area contributed by atoms with Crippen LogP contribution in [0.2, 0.25) is 0 Å². The number of hydroxylamine groups is 1. The molecule has 0 saturated heterocycles. The van der Waals surface area contributed by atoms with Crippen LogP contribution in [0.15, 0.2) is 0 Å². The van der Waals surface area contributed by atoms with Gasteiger partial charge in [0.25, 0.3) is 0 Å². The number of nitrogens with two attached hydrogens (primary N) is 2. The number of quaternary nitrogens is 1. The van der Waals surface area contributed by atoms with Crippen molar-refractivity contribution in [1.82, 2.24) is 6.15 Å². The molecule has 0 unspecified atom stereocenters. The van der Waals surface area contributed by atoms with E-state index in [9.17, 15) is 10.0 Å². The molecule has 0 aromatic heterocycles. The van der Waals surface area contributed by atoms with E-state index in [0.29, 0.717) is 13.0 Å². The summed E-state index contributed by atoms with van der Waals surface area (Å²) in [5.74, 6) is -0.159. The Morgan fingerprint density at radius 1 is 0.900 bits per heavy atom. The number of carbonyl (C=O) groups is 1. The minimum absolute atomic E-state index is 0. The van der Waals surface area contributed by atoms with Crippen LogP contribution in [-0.4, -0.2) is 12.5 Å². The van der Waals surface area contributed by atoms with Gasteiger partial charge in [-0.1, -0.05) is 65.2 Å². The number of hydrogen-bond donors (Lipinski definition) is 3. The van der Waals surface area contributed by atoms with Crippen LogP contribution in [-0.2, 0) is 4.79 Å². The van der Waals surface area contributed by atoms with Crippen molar-refractivity contribution in [3.05, 3.63) is 5.21 Å². The quantitative estimate of drug-likeness (QED) is 0.379. The fraction of sp³-hybridized carbons (Fsp3) is 0.933. The lowest BCUT2D eigenvalue weighted by molar-refractivity contribution is -0.588. The fourth-order valence-electron chi connectivity index (χ4n) is 1.73. The first-order valence-electron chi connectivity index (χ1n) is 7.90. The Balaban J connectivity index is -0.000000414. The Hall–Kier alpha value is -0.650. The van der Waals surface area contributed by atoms with E-state index in [1.165, 1.54) is 44.9 Å². The molecule has 0 rings (SSSR count). The van der Waals surface area contributed by atoms with Gasteiger partial charge < -0.3 is 22.6 Å². The minimum atomic E-state index is -0.159. The second kappa shape index (κ2) is 23.4. The lowest BCUT2D eigenvalue weighted by Gasteiger charge is -2.00. The first-order valence-corrected chi connectivity index (χ1v) is 7.90. The third kappa shape index (κ3) is 30.4. The molecule has 0 fully saturated rings. The number of amides is 1. The van der Waals surface area contributed by atoms with Crippen molar-refractivity contribution in [2.75, 3.05) is 6.54 Å². The van der Waals surface area contributed by atoms with Crippen LogP contribution in [0.4, 0.5) is 0 Å². The maximum atomic E-state index is 10.4. The predicted octanol–water partition coefficient (Wildman–Crippen LogP) is 3.01. The highest BCUT2D eigenvalue weighted by atomic mass is 16.5. The van der Waals surface area contributed by atoms with Gasteiger partial charge in [0.2, 0.25) is 5.91 Å². The highest BCUT2D eigenvalue weighted by molar-refractivity contribution is 5.73. The van der Waals surface area contributed by atoms with Gasteiger partial charge in [-0.2, -0.15) is 0 Å². The second-order valence-electron chi connectivity index (χ2n) is 5.00. The van der Waals surface area contributed by atoms with E-state index < -0.39 is 0 Å². The average Bonchev–Trinajstić information content (AvgIpc) is 2.38. The monoisotopic (exact) mass is 291 g/mol. The molecule has 0 aliphatic rings. The van der Waals surface area contributed by atoms with Crippen LogP contribution in [0, 0.1) is 5.21 Å². The van der Waals surface area contributed by atoms with Crippen LogP contribution in [0.1, 0.15) is 84.5 Å². The first-order chi connectivity index (χ1) is 9.18. The summed E-state index contributed by atoms with van der Waals surface area (Å²) < 4.78 is 0. The number of primary amides is 1. The molecule has 0 aliphatic carbocycles. The Morgan fingerprint density at radius 3 is 1.65 bits per heavy atom. The summed E-state index contributed by atoms with van der Waals surface area (Å²) in [6, 6.07) is 0. The van der Waals surface area contributed by atoms with Gasteiger partial charge in [-0.3, -0.25) is 4.79 Å². The number of unbranched alkanes of at least 4 members (excludes halogenated alkanes) is 8. The lowest BCUT2D eigenvalue weighted by atomic mass is 10.1. The SMILES string of the molecule is CCCCCCCCCCCC(N)=O.CCC[NH2+][O-].N. The van der Waals surface area contributed by atoms with Gasteiger partial charge in [-0.25, -0.2) is 0 Å². The Labute approximate surface area is 125 Å². The molecule has 124 valence electrons. The van der Waals surface area contributed by atoms with Crippen molar-refractivity contribution in [1.29, 1.82) is 0 Å². The molecule has 5 nitrogen and oxygen atoms in total. The topological polar surface area (TPSA) is 118 Å². The highest BCUT2D eigenvalue weighted by Gasteiger charge is 1.94. The Bertz CT molecular complexity index is 177. The van der Waals surface area contributed by atoms with E-state index >= 15 is 0 Å². The second-order valence-corrected chi connectivity index (χ2v) is 5.00. The van der Waals surface area contributed by atoms with E-state index in [1.807, 2.05) is 6.92 Å². The zero-order chi connectivity index (χ0) is 14.8. The van der Waals surface area contributed by atoms with Gasteiger partial charge in [-0.05, 0) is 12.8 Å². The largest absolute Gasteiger partial charge is 0.636 e. The van der Waals surface area contributed by atoms with Gasteiger partial charge in [0.15, 0.2) is 0 Å². The third-order valence-electron chi connectivity index (χ3n) is 2.93. The van der Waals surface area contributed by atoms with E-state index in [1.54, 1.807) is 0 Å². The summed E-state index contributed by atoms with van der Waals surface area (Å²) in [6.07, 6.45) is 13.1. The van der Waals surface area contributed by atoms with Gasteiger partial charge in [0, 0.05) is 6.42 Å². The molecule has 0 atom stereocenters. The summed E-state index contributed by atoms with van der Waals surface area (Å²) >= 11 is 0. The molecule has 0 saturated carbocycles. The van der Waals surface area contributed by atoms with Crippen molar-refractivity contribution in [2.24, 2.45) is 5.73 Å². The highest BCUT2D eigenvalue weighted by Crippen LogP contribution is 2.10. The summed E-state index contributed by atoms with van der Waals surface area (Å²) in [5, 5.41) is 9.40. The maximum Gasteiger partial charge on any atom is 0.217 e. The molecule has 0 heterocycles. The molecule has 0 spiro atoms. The number of rotatable bonds is 12. The van der Waals surface area contributed by atoms with Crippen molar-refractivity contribution < 1.29 is 10.3 Å². The third-order valence-corrected chi connectivity index (χ3v) is 2.93. The van der Waals surface area contributed by atoms with Gasteiger partial charge >= 0.3 is 0 Å². The molecule has 0 radical (unpaired) electrons. The average molecular weight is 291 g/mol. The van der Waals surface area contributed by atoms with Crippen molar-refractivity contribution in [3.8, 4) is 0 Å². The summed E-state index contributed by atoms with van der Waals surface area (Å²) in [6.45, 7) is 4.93. The van der Waals surface area contributed by atoms with E-state index in [-0.39, 0.29) is 12.1 Å². The van der Waals surface area contributed by atoms with Crippen LogP contribution in [0.3, 0.4) is 0 Å². The molecular weight excluding hydrogens is 254 g/mol. The van der Waals surface area contributed by atoms with Crippen molar-refractivity contribution >= 4 is 5.91 Å². The predicted molar refractivity (Wildman–Crippen MR) is 86.5 cm³/mol. The van der Waals surface area contributed by atoms with Crippen LogP contribution >= 0.6 is 0 Å². The first kappa shape index (κ1) is 24.4. The summed E-state index contributed by atoms with van der Waals surface area (Å²) in [5.41, 5.74) is 5.98. The molecule has 0 bridgehead atoms. The molecular formula is C15H37N3O2. The van der Waals surface area contributed by atoms with Crippen LogP contribution in [0.25, 0.3) is 0 Å². The fourth-order valence-corrected chi connectivity index (χ4v) is 1.73. The number of hydrogen-bond acceptors (Lipinski definition) is 3. The molecule has 7 N–H and O–H groups in total. The van der Waals surface area contributed by atoms with Gasteiger partial charge in [0.05, 0.1) is 6.54 Å². The zero-order valence-corrected chi connectivity index (χ0v) is 13.7. The normalized spacial score (nSPS) is 9.35.